The van der Waals surface area contributed by atoms with Crippen LogP contribution in [0.3, 0.4) is 0 Å². The summed E-state index contributed by atoms with van der Waals surface area (Å²) in [6.07, 6.45) is 2.18. The summed E-state index contributed by atoms with van der Waals surface area (Å²) in [6.45, 7) is 3.09. The quantitative estimate of drug-likeness (QED) is 0.132. The predicted octanol–water partition coefficient (Wildman–Crippen LogP) is 4.10. The molecule has 1 saturated carbocycles. The first kappa shape index (κ1) is 36.9. The highest BCUT2D eigenvalue weighted by Gasteiger charge is 2.45. The van der Waals surface area contributed by atoms with Crippen molar-refractivity contribution in [3.05, 3.63) is 81.9 Å². The Morgan fingerprint density at radius 2 is 1.83 bits per heavy atom. The maximum Gasteiger partial charge on any atom is 0.228 e. The highest BCUT2D eigenvalue weighted by Crippen LogP contribution is 2.40. The second kappa shape index (κ2) is 13.9. The number of pyridine rings is 1. The fourth-order valence-corrected chi connectivity index (χ4v) is 8.39. The van der Waals surface area contributed by atoms with Crippen molar-refractivity contribution in [2.75, 3.05) is 11.0 Å². The van der Waals surface area contributed by atoms with E-state index in [4.69, 9.17) is 16.6 Å². The van der Waals surface area contributed by atoms with E-state index >= 15 is 0 Å². The molecule has 3 aromatic heterocycles. The van der Waals surface area contributed by atoms with Crippen molar-refractivity contribution in [2.24, 2.45) is 7.05 Å². The summed E-state index contributed by atoms with van der Waals surface area (Å²) >= 11 is 6.68. The van der Waals surface area contributed by atoms with E-state index in [0.29, 0.717) is 39.9 Å². The monoisotopic (exact) mass is 769 g/mol. The van der Waals surface area contributed by atoms with Crippen LogP contribution < -0.4 is 10.0 Å². The number of tetrazole rings is 1. The number of nitrogens with one attached hydrogen (secondary N) is 3. The van der Waals surface area contributed by atoms with Crippen molar-refractivity contribution in [1.82, 2.24) is 40.7 Å². The number of anilines is 1. The molecule has 0 radical (unpaired) electrons. The number of aromatic amines is 1. The van der Waals surface area contributed by atoms with Crippen LogP contribution in [0.15, 0.2) is 42.5 Å². The Morgan fingerprint density at radius 1 is 1.13 bits per heavy atom. The molecule has 13 nitrogen and oxygen atoms in total. The van der Waals surface area contributed by atoms with Crippen molar-refractivity contribution in [1.29, 1.82) is 0 Å². The summed E-state index contributed by atoms with van der Waals surface area (Å²) in [5.74, 6) is 7.61. The Bertz CT molecular complexity index is 2470. The lowest BCUT2D eigenvalue weighted by molar-refractivity contribution is -0.121. The van der Waals surface area contributed by atoms with Gasteiger partial charge >= 0.3 is 0 Å². The van der Waals surface area contributed by atoms with Gasteiger partial charge in [0.1, 0.15) is 22.1 Å². The van der Waals surface area contributed by atoms with E-state index in [0.717, 1.165) is 18.2 Å². The molecule has 2 atom stereocenters. The van der Waals surface area contributed by atoms with Crippen LogP contribution >= 0.6 is 11.6 Å². The standard InChI is InChI=1S/C34H34ClF2N9O4S2/c1-34(2,52(49,50)23-7-8-23)13-12-22-6-9-24(25-10-11-26(35)30-32(25)46(3)42-33(30)43-51(4,5)48)31(38-22)27(16-19-14-20(36)17-21(37)15-19)39-29(47)18-28-40-44-45-41-28/h6,9-11,14-15,17,23,27H,4,7-8,16,18H2,1-3,5H3,(H,39,47)(H,42,43,48)(H,40,41,44,45)/t27-,51?/m0/s1. The van der Waals surface area contributed by atoms with E-state index in [1.165, 1.54) is 6.26 Å². The van der Waals surface area contributed by atoms with Gasteiger partial charge in [-0.1, -0.05) is 28.8 Å². The first-order valence-corrected chi connectivity index (χ1v) is 20.0. The van der Waals surface area contributed by atoms with Gasteiger partial charge in [0, 0.05) is 40.2 Å². The molecule has 5 aromatic rings. The number of H-pyrrole nitrogens is 1. The lowest BCUT2D eigenvalue weighted by Crippen LogP contribution is -2.33. The molecule has 1 fully saturated rings. The van der Waals surface area contributed by atoms with Gasteiger partial charge in [0.15, 0.2) is 21.5 Å². The number of benzene rings is 2. The molecule has 0 spiro atoms. The molecule has 3 N–H and O–H groups in total. The van der Waals surface area contributed by atoms with Gasteiger partial charge in [-0.3, -0.25) is 14.2 Å². The Hall–Kier alpha value is -4.92. The van der Waals surface area contributed by atoms with Crippen LogP contribution in [-0.4, -0.2) is 76.0 Å². The van der Waals surface area contributed by atoms with E-state index in [1.54, 1.807) is 49.8 Å². The van der Waals surface area contributed by atoms with E-state index < -0.39 is 53.1 Å². The molecule has 1 unspecified atom stereocenters. The molecule has 1 aliphatic carbocycles. The SMILES string of the molecule is C=S(C)(=O)Nc1nn(C)c2c(-c3ccc(C#CC(C)(C)S(=O)(=O)C4CC4)nc3[C@H](Cc3cc(F)cc(F)c3)NC(=O)Cc3nn[nH]n3)ccc(Cl)c12. The Morgan fingerprint density at radius 3 is 2.46 bits per heavy atom. The third-order valence-corrected chi connectivity index (χ3v) is 12.2. The topological polar surface area (TPSA) is 178 Å². The lowest BCUT2D eigenvalue weighted by Gasteiger charge is -2.22. The molecule has 1 amide bonds. The van der Waals surface area contributed by atoms with Crippen LogP contribution in [0.4, 0.5) is 14.6 Å². The first-order chi connectivity index (χ1) is 24.4. The predicted molar refractivity (Wildman–Crippen MR) is 195 cm³/mol. The summed E-state index contributed by atoms with van der Waals surface area (Å²) in [6, 6.07) is 8.66. The minimum atomic E-state index is -3.55. The number of halogens is 3. The van der Waals surface area contributed by atoms with E-state index in [1.807, 2.05) is 0 Å². The number of amides is 1. The second-order valence-electron chi connectivity index (χ2n) is 13.1. The zero-order valence-corrected chi connectivity index (χ0v) is 30.9. The number of carbonyl (C=O) groups excluding carboxylic acids is 1. The number of aryl methyl sites for hydroxylation is 1. The molecular formula is C34H34ClF2N9O4S2. The van der Waals surface area contributed by atoms with Crippen LogP contribution in [0.5, 0.6) is 0 Å². The normalized spacial score (nSPS) is 15.1. The van der Waals surface area contributed by atoms with Gasteiger partial charge in [0.05, 0.1) is 39.3 Å². The van der Waals surface area contributed by atoms with Gasteiger partial charge < -0.3 is 5.32 Å². The van der Waals surface area contributed by atoms with Crippen molar-refractivity contribution in [3.8, 4) is 23.0 Å². The fourth-order valence-electron chi connectivity index (χ4n) is 5.82. The van der Waals surface area contributed by atoms with Crippen LogP contribution in [0.2, 0.25) is 5.02 Å². The van der Waals surface area contributed by atoms with E-state index in [2.05, 4.69) is 53.5 Å². The highest BCUT2D eigenvalue weighted by molar-refractivity contribution is 8.00. The van der Waals surface area contributed by atoms with Crippen LogP contribution in [-0.2, 0) is 44.2 Å². The summed E-state index contributed by atoms with van der Waals surface area (Å²) in [4.78, 5) is 18.3. The smallest absolute Gasteiger partial charge is 0.228 e. The summed E-state index contributed by atoms with van der Waals surface area (Å²) < 4.78 is 70.8. The van der Waals surface area contributed by atoms with Crippen molar-refractivity contribution in [3.63, 3.8) is 0 Å². The Labute approximate surface area is 304 Å². The highest BCUT2D eigenvalue weighted by atomic mass is 35.5. The van der Waals surface area contributed by atoms with Crippen LogP contribution in [0.25, 0.3) is 22.0 Å². The number of hydrogen-bond acceptors (Lipinski definition) is 9. The largest absolute Gasteiger partial charge is 0.347 e. The van der Waals surface area contributed by atoms with Crippen LogP contribution in [0, 0.1) is 23.5 Å². The second-order valence-corrected chi connectivity index (χ2v) is 18.5. The summed E-state index contributed by atoms with van der Waals surface area (Å²) in [5.41, 5.74) is 2.13. The van der Waals surface area contributed by atoms with E-state index in [-0.39, 0.29) is 41.4 Å². The van der Waals surface area contributed by atoms with Crippen LogP contribution in [0.1, 0.15) is 55.5 Å². The average molecular weight is 770 g/mol. The van der Waals surface area contributed by atoms with Gasteiger partial charge in [-0.05, 0) is 80.8 Å². The molecule has 2 aromatic carbocycles. The first-order valence-electron chi connectivity index (χ1n) is 15.9. The number of nitrogens with zero attached hydrogens (tertiary/aromatic N) is 6. The maximum atomic E-state index is 14.5. The zero-order valence-electron chi connectivity index (χ0n) is 28.5. The Kier molecular flexibility index (Phi) is 9.85. The minimum absolute atomic E-state index is 0.104. The third-order valence-electron chi connectivity index (χ3n) is 8.37. The summed E-state index contributed by atoms with van der Waals surface area (Å²) in [5, 5.41) is 21.2. The zero-order chi connectivity index (χ0) is 37.6. The number of aromatic nitrogens is 7. The summed E-state index contributed by atoms with van der Waals surface area (Å²) in [7, 11) is -4.64. The Balaban J connectivity index is 1.55. The molecule has 3 heterocycles. The molecule has 18 heteroatoms. The molecule has 0 bridgehead atoms. The number of rotatable bonds is 11. The van der Waals surface area contributed by atoms with Gasteiger partial charge in [-0.15, -0.1) is 10.2 Å². The number of sulfone groups is 1. The number of hydrogen-bond donors (Lipinski definition) is 3. The molecule has 1 aliphatic rings. The third kappa shape index (κ3) is 7.93. The molecule has 52 heavy (non-hydrogen) atoms. The van der Waals surface area contributed by atoms with Gasteiger partial charge in [-0.2, -0.15) is 10.3 Å². The minimum Gasteiger partial charge on any atom is -0.347 e. The van der Waals surface area contributed by atoms with Crippen molar-refractivity contribution >= 4 is 59.6 Å². The number of fused-ring (bicyclic) bond motifs is 1. The number of carbonyl (C=O) groups is 1. The molecule has 0 saturated heterocycles. The molecule has 0 aliphatic heterocycles. The molecule has 272 valence electrons. The fraction of sp³-hybridized carbons (Fsp3) is 0.324. The van der Waals surface area contributed by atoms with E-state index in [9.17, 15) is 26.2 Å². The molecular weight excluding hydrogens is 736 g/mol. The van der Waals surface area contributed by atoms with Crippen molar-refractivity contribution in [2.45, 2.75) is 55.6 Å². The molecule has 6 rings (SSSR count). The van der Waals surface area contributed by atoms with Gasteiger partial charge in [0.25, 0.3) is 0 Å². The van der Waals surface area contributed by atoms with Crippen molar-refractivity contribution < 1.29 is 26.2 Å². The van der Waals surface area contributed by atoms with Gasteiger partial charge in [-0.25, -0.2) is 26.4 Å². The van der Waals surface area contributed by atoms with Gasteiger partial charge in [0.2, 0.25) is 5.91 Å². The maximum absolute atomic E-state index is 14.5. The lowest BCUT2D eigenvalue weighted by atomic mass is 9.93. The average Bonchev–Trinajstić information content (AvgIpc) is 3.71.